The summed E-state index contributed by atoms with van der Waals surface area (Å²) >= 11 is 0. The Morgan fingerprint density at radius 3 is 2.22 bits per heavy atom. The molecule has 2 aliphatic carbocycles. The summed E-state index contributed by atoms with van der Waals surface area (Å²) in [6, 6.07) is 0.752. The lowest BCUT2D eigenvalue weighted by Crippen LogP contribution is -2.41. The molecular formula is C16H31NO. The smallest absolute Gasteiger partial charge is 0.0669 e. The SMILES string of the molecule is CCN(CC(O)CC1CCCC1)C1CCCCC1. The first kappa shape index (κ1) is 14.3. The Bertz CT molecular complexity index is 219. The lowest BCUT2D eigenvalue weighted by molar-refractivity contribution is 0.0624. The molecule has 2 saturated carbocycles. The molecular weight excluding hydrogens is 222 g/mol. The zero-order chi connectivity index (χ0) is 12.8. The van der Waals surface area contributed by atoms with Crippen molar-refractivity contribution in [1.29, 1.82) is 0 Å². The predicted molar refractivity (Wildman–Crippen MR) is 76.7 cm³/mol. The van der Waals surface area contributed by atoms with Gasteiger partial charge in [-0.3, -0.25) is 4.90 Å². The van der Waals surface area contributed by atoms with Gasteiger partial charge in [0, 0.05) is 12.6 Å². The third-order valence-corrected chi connectivity index (χ3v) is 5.02. The third kappa shape index (κ3) is 4.24. The fourth-order valence-corrected chi connectivity index (χ4v) is 3.96. The zero-order valence-corrected chi connectivity index (χ0v) is 12.1. The molecule has 0 radical (unpaired) electrons. The highest BCUT2D eigenvalue weighted by Gasteiger charge is 2.24. The molecule has 1 unspecified atom stereocenters. The van der Waals surface area contributed by atoms with Crippen molar-refractivity contribution in [2.45, 2.75) is 83.3 Å². The van der Waals surface area contributed by atoms with E-state index in [4.69, 9.17) is 0 Å². The van der Waals surface area contributed by atoms with Gasteiger partial charge < -0.3 is 5.11 Å². The van der Waals surface area contributed by atoms with E-state index >= 15 is 0 Å². The Hall–Kier alpha value is -0.0800. The minimum Gasteiger partial charge on any atom is -0.392 e. The Morgan fingerprint density at radius 2 is 1.61 bits per heavy atom. The highest BCUT2D eigenvalue weighted by atomic mass is 16.3. The Kier molecular flexibility index (Phi) is 5.97. The summed E-state index contributed by atoms with van der Waals surface area (Å²) < 4.78 is 0. The molecule has 2 fully saturated rings. The van der Waals surface area contributed by atoms with Crippen LogP contribution in [-0.2, 0) is 0 Å². The molecule has 18 heavy (non-hydrogen) atoms. The molecule has 0 aromatic carbocycles. The van der Waals surface area contributed by atoms with Crippen molar-refractivity contribution in [2.75, 3.05) is 13.1 Å². The van der Waals surface area contributed by atoms with Gasteiger partial charge in [0.2, 0.25) is 0 Å². The predicted octanol–water partition coefficient (Wildman–Crippen LogP) is 3.58. The van der Waals surface area contributed by atoms with Crippen molar-refractivity contribution >= 4 is 0 Å². The summed E-state index contributed by atoms with van der Waals surface area (Å²) in [6.45, 7) is 4.26. The first-order valence-corrected chi connectivity index (χ1v) is 8.21. The number of rotatable bonds is 6. The van der Waals surface area contributed by atoms with Crippen LogP contribution in [0.4, 0.5) is 0 Å². The molecule has 0 heterocycles. The molecule has 0 spiro atoms. The van der Waals surface area contributed by atoms with Crippen molar-refractivity contribution in [3.8, 4) is 0 Å². The largest absolute Gasteiger partial charge is 0.392 e. The first-order chi connectivity index (χ1) is 8.79. The standard InChI is InChI=1S/C16H31NO/c1-2-17(15-10-4-3-5-11-15)13-16(18)12-14-8-6-7-9-14/h14-16,18H,2-13H2,1H3. The summed E-state index contributed by atoms with van der Waals surface area (Å²) in [5.41, 5.74) is 0. The maximum atomic E-state index is 10.3. The minimum atomic E-state index is -0.0880. The summed E-state index contributed by atoms with van der Waals surface area (Å²) in [5, 5.41) is 10.3. The molecule has 2 aliphatic rings. The second-order valence-corrected chi connectivity index (χ2v) is 6.42. The summed E-state index contributed by atoms with van der Waals surface area (Å²) in [7, 11) is 0. The third-order valence-electron chi connectivity index (χ3n) is 5.02. The van der Waals surface area contributed by atoms with E-state index in [1.165, 1.54) is 57.8 Å². The zero-order valence-electron chi connectivity index (χ0n) is 12.1. The number of hydrogen-bond donors (Lipinski definition) is 1. The van der Waals surface area contributed by atoms with Gasteiger partial charge in [0.25, 0.3) is 0 Å². The van der Waals surface area contributed by atoms with Crippen LogP contribution in [0, 0.1) is 5.92 Å². The topological polar surface area (TPSA) is 23.5 Å². The van der Waals surface area contributed by atoms with Crippen molar-refractivity contribution in [2.24, 2.45) is 5.92 Å². The summed E-state index contributed by atoms with van der Waals surface area (Å²) in [6.07, 6.45) is 13.3. The molecule has 0 aromatic heterocycles. The Balaban J connectivity index is 1.73. The first-order valence-electron chi connectivity index (χ1n) is 8.21. The van der Waals surface area contributed by atoms with Crippen molar-refractivity contribution in [3.05, 3.63) is 0 Å². The van der Waals surface area contributed by atoms with Crippen LogP contribution in [0.1, 0.15) is 71.1 Å². The van der Waals surface area contributed by atoms with E-state index in [2.05, 4.69) is 11.8 Å². The lowest BCUT2D eigenvalue weighted by Gasteiger charge is -2.35. The maximum absolute atomic E-state index is 10.3. The van der Waals surface area contributed by atoms with Gasteiger partial charge in [-0.1, -0.05) is 51.9 Å². The van der Waals surface area contributed by atoms with Gasteiger partial charge in [-0.05, 0) is 31.7 Å². The van der Waals surface area contributed by atoms with E-state index in [9.17, 15) is 5.11 Å². The van der Waals surface area contributed by atoms with Gasteiger partial charge in [-0.15, -0.1) is 0 Å². The van der Waals surface area contributed by atoms with Crippen molar-refractivity contribution in [3.63, 3.8) is 0 Å². The van der Waals surface area contributed by atoms with E-state index in [0.29, 0.717) is 0 Å². The van der Waals surface area contributed by atoms with Crippen LogP contribution in [0.15, 0.2) is 0 Å². The van der Waals surface area contributed by atoms with Crippen LogP contribution < -0.4 is 0 Å². The van der Waals surface area contributed by atoms with Gasteiger partial charge >= 0.3 is 0 Å². The second kappa shape index (κ2) is 7.49. The average molecular weight is 253 g/mol. The van der Waals surface area contributed by atoms with Crippen LogP contribution in [0.25, 0.3) is 0 Å². The molecule has 1 atom stereocenters. The molecule has 2 rings (SSSR count). The lowest BCUT2D eigenvalue weighted by atomic mass is 9.93. The Morgan fingerprint density at radius 1 is 1.00 bits per heavy atom. The number of aliphatic hydroxyl groups excluding tert-OH is 1. The number of nitrogens with zero attached hydrogens (tertiary/aromatic N) is 1. The van der Waals surface area contributed by atoms with Crippen molar-refractivity contribution < 1.29 is 5.11 Å². The van der Waals surface area contributed by atoms with E-state index in [0.717, 1.165) is 31.5 Å². The van der Waals surface area contributed by atoms with Crippen LogP contribution >= 0.6 is 0 Å². The van der Waals surface area contributed by atoms with Crippen molar-refractivity contribution in [1.82, 2.24) is 4.90 Å². The van der Waals surface area contributed by atoms with Gasteiger partial charge in [0.15, 0.2) is 0 Å². The maximum Gasteiger partial charge on any atom is 0.0669 e. The summed E-state index contributed by atoms with van der Waals surface area (Å²) in [5.74, 6) is 0.810. The van der Waals surface area contributed by atoms with E-state index in [1.54, 1.807) is 0 Å². The summed E-state index contributed by atoms with van der Waals surface area (Å²) in [4.78, 5) is 2.54. The molecule has 0 bridgehead atoms. The molecule has 1 N–H and O–H groups in total. The highest BCUT2D eigenvalue weighted by Crippen LogP contribution is 2.29. The number of hydrogen-bond acceptors (Lipinski definition) is 2. The minimum absolute atomic E-state index is 0.0880. The molecule has 2 nitrogen and oxygen atoms in total. The highest BCUT2D eigenvalue weighted by molar-refractivity contribution is 4.79. The van der Waals surface area contributed by atoms with E-state index in [1.807, 2.05) is 0 Å². The molecule has 106 valence electrons. The fraction of sp³-hybridized carbons (Fsp3) is 1.00. The molecule has 0 saturated heterocycles. The molecule has 0 aliphatic heterocycles. The van der Waals surface area contributed by atoms with Gasteiger partial charge in [-0.2, -0.15) is 0 Å². The number of likely N-dealkylation sites (N-methyl/N-ethyl adjacent to an activating group) is 1. The van der Waals surface area contributed by atoms with Gasteiger partial charge in [0.1, 0.15) is 0 Å². The van der Waals surface area contributed by atoms with Crippen LogP contribution in [0.5, 0.6) is 0 Å². The normalized spacial score (nSPS) is 24.8. The van der Waals surface area contributed by atoms with Crippen LogP contribution in [0.2, 0.25) is 0 Å². The fourth-order valence-electron chi connectivity index (χ4n) is 3.96. The van der Waals surface area contributed by atoms with Gasteiger partial charge in [0.05, 0.1) is 6.10 Å². The molecule has 0 amide bonds. The quantitative estimate of drug-likeness (QED) is 0.782. The Labute approximate surface area is 113 Å². The molecule has 0 aromatic rings. The van der Waals surface area contributed by atoms with Crippen LogP contribution in [-0.4, -0.2) is 35.2 Å². The second-order valence-electron chi connectivity index (χ2n) is 6.42. The average Bonchev–Trinajstić information content (AvgIpc) is 2.90. The monoisotopic (exact) mass is 253 g/mol. The molecule has 2 heteroatoms. The van der Waals surface area contributed by atoms with E-state index < -0.39 is 0 Å². The van der Waals surface area contributed by atoms with Gasteiger partial charge in [-0.25, -0.2) is 0 Å². The van der Waals surface area contributed by atoms with E-state index in [-0.39, 0.29) is 6.10 Å². The number of aliphatic hydroxyl groups is 1. The van der Waals surface area contributed by atoms with Crippen LogP contribution in [0.3, 0.4) is 0 Å².